The zero-order valence-electron chi connectivity index (χ0n) is 19.3. The van der Waals surface area contributed by atoms with Crippen LogP contribution in [0.3, 0.4) is 0 Å². The maximum atomic E-state index is 13.5. The molecule has 0 radical (unpaired) electrons. The quantitative estimate of drug-likeness (QED) is 0.267. The standard InChI is InChI=1S/C26H22FN3O6/c1-2-36-22-13-11-20(12-14-22)29-24(31)15-23(26(29)33)28(16-17-3-7-19(27)8-4-17)25(32)18-5-9-21(10-6-18)30(34)35/h3-14,23H,2,15-16H2,1H3. The van der Waals surface area contributed by atoms with Crippen LogP contribution in [0, 0.1) is 15.9 Å². The number of imide groups is 1. The smallest absolute Gasteiger partial charge is 0.269 e. The molecule has 0 saturated carbocycles. The summed E-state index contributed by atoms with van der Waals surface area (Å²) in [6.07, 6.45) is -0.244. The lowest BCUT2D eigenvalue weighted by Crippen LogP contribution is -2.45. The molecule has 0 spiro atoms. The van der Waals surface area contributed by atoms with Crippen LogP contribution < -0.4 is 9.64 Å². The number of benzene rings is 3. The zero-order chi connectivity index (χ0) is 25.8. The van der Waals surface area contributed by atoms with Gasteiger partial charge in [-0.1, -0.05) is 12.1 Å². The number of non-ortho nitro benzene ring substituents is 1. The first-order chi connectivity index (χ1) is 17.3. The van der Waals surface area contributed by atoms with Gasteiger partial charge in [0.2, 0.25) is 5.91 Å². The van der Waals surface area contributed by atoms with Crippen molar-refractivity contribution in [1.29, 1.82) is 0 Å². The van der Waals surface area contributed by atoms with Crippen molar-refractivity contribution >= 4 is 29.1 Å². The minimum atomic E-state index is -1.11. The summed E-state index contributed by atoms with van der Waals surface area (Å²) in [5.41, 5.74) is 0.819. The molecule has 1 aliphatic rings. The summed E-state index contributed by atoms with van der Waals surface area (Å²) >= 11 is 0. The van der Waals surface area contributed by atoms with Gasteiger partial charge in [-0.15, -0.1) is 0 Å². The highest BCUT2D eigenvalue weighted by molar-refractivity contribution is 6.23. The molecule has 3 amide bonds. The second-order valence-corrected chi connectivity index (χ2v) is 8.08. The van der Waals surface area contributed by atoms with Gasteiger partial charge in [-0.05, 0) is 61.0 Å². The lowest BCUT2D eigenvalue weighted by atomic mass is 10.1. The predicted octanol–water partition coefficient (Wildman–Crippen LogP) is 4.11. The van der Waals surface area contributed by atoms with Crippen molar-refractivity contribution in [3.8, 4) is 5.75 Å². The van der Waals surface area contributed by atoms with Crippen LogP contribution in [0.2, 0.25) is 0 Å². The van der Waals surface area contributed by atoms with Crippen LogP contribution >= 0.6 is 0 Å². The van der Waals surface area contributed by atoms with Gasteiger partial charge in [0.1, 0.15) is 17.6 Å². The molecule has 4 rings (SSSR count). The number of carbonyl (C=O) groups is 3. The summed E-state index contributed by atoms with van der Waals surface area (Å²) in [5.74, 6) is -1.52. The number of nitro groups is 1. The Labute approximate surface area is 205 Å². The van der Waals surface area contributed by atoms with Crippen molar-refractivity contribution < 1.29 is 28.4 Å². The molecule has 9 nitrogen and oxygen atoms in total. The van der Waals surface area contributed by atoms with Crippen molar-refractivity contribution in [2.45, 2.75) is 25.9 Å². The summed E-state index contributed by atoms with van der Waals surface area (Å²) in [7, 11) is 0. The average molecular weight is 491 g/mol. The van der Waals surface area contributed by atoms with E-state index in [0.717, 1.165) is 4.90 Å². The molecule has 3 aromatic rings. The first kappa shape index (κ1) is 24.5. The number of rotatable bonds is 8. The van der Waals surface area contributed by atoms with Gasteiger partial charge in [-0.25, -0.2) is 9.29 Å². The van der Waals surface area contributed by atoms with E-state index in [0.29, 0.717) is 23.6 Å². The number of nitrogens with zero attached hydrogens (tertiary/aromatic N) is 3. The van der Waals surface area contributed by atoms with Gasteiger partial charge >= 0.3 is 0 Å². The summed E-state index contributed by atoms with van der Waals surface area (Å²) in [4.78, 5) is 52.5. The Morgan fingerprint density at radius 1 is 1.06 bits per heavy atom. The average Bonchev–Trinajstić information content (AvgIpc) is 3.17. The maximum absolute atomic E-state index is 13.5. The molecule has 10 heteroatoms. The van der Waals surface area contributed by atoms with Crippen molar-refractivity contribution in [1.82, 2.24) is 4.90 Å². The molecule has 184 valence electrons. The van der Waals surface area contributed by atoms with E-state index in [1.54, 1.807) is 24.3 Å². The minimum Gasteiger partial charge on any atom is -0.494 e. The molecule has 1 fully saturated rings. The molecule has 1 aliphatic heterocycles. The molecule has 1 unspecified atom stereocenters. The van der Waals surface area contributed by atoms with Crippen LogP contribution in [0.25, 0.3) is 0 Å². The molecule has 0 N–H and O–H groups in total. The highest BCUT2D eigenvalue weighted by Crippen LogP contribution is 2.29. The summed E-state index contributed by atoms with van der Waals surface area (Å²) in [6, 6.07) is 15.8. The highest BCUT2D eigenvalue weighted by atomic mass is 19.1. The Bertz CT molecular complexity index is 1290. The van der Waals surface area contributed by atoms with Gasteiger partial charge in [0.15, 0.2) is 0 Å². The number of ether oxygens (including phenoxy) is 1. The van der Waals surface area contributed by atoms with Crippen LogP contribution in [0.5, 0.6) is 5.75 Å². The third kappa shape index (κ3) is 5.07. The fourth-order valence-corrected chi connectivity index (χ4v) is 3.99. The van der Waals surface area contributed by atoms with Crippen LogP contribution in [-0.2, 0) is 16.1 Å². The lowest BCUT2D eigenvalue weighted by molar-refractivity contribution is -0.384. The molecule has 1 saturated heterocycles. The number of nitro benzene ring substituents is 1. The normalized spacial score (nSPS) is 15.2. The van der Waals surface area contributed by atoms with E-state index < -0.39 is 34.5 Å². The lowest BCUT2D eigenvalue weighted by Gasteiger charge is -2.28. The summed E-state index contributed by atoms with van der Waals surface area (Å²) in [6.45, 7) is 2.23. The van der Waals surface area contributed by atoms with E-state index in [2.05, 4.69) is 0 Å². The minimum absolute atomic E-state index is 0.0725. The Morgan fingerprint density at radius 2 is 1.69 bits per heavy atom. The predicted molar refractivity (Wildman–Crippen MR) is 128 cm³/mol. The molecule has 1 heterocycles. The van der Waals surface area contributed by atoms with Crippen molar-refractivity contribution in [3.05, 3.63) is 99.9 Å². The van der Waals surface area contributed by atoms with Crippen LogP contribution in [0.15, 0.2) is 72.8 Å². The molecular weight excluding hydrogens is 469 g/mol. The second kappa shape index (κ2) is 10.3. The fourth-order valence-electron chi connectivity index (χ4n) is 3.99. The molecule has 0 aromatic heterocycles. The van der Waals surface area contributed by atoms with Crippen LogP contribution in [0.4, 0.5) is 15.8 Å². The third-order valence-electron chi connectivity index (χ3n) is 5.76. The SMILES string of the molecule is CCOc1ccc(N2C(=O)CC(N(Cc3ccc(F)cc3)C(=O)c3ccc([N+](=O)[O-])cc3)C2=O)cc1. The van der Waals surface area contributed by atoms with Crippen molar-refractivity contribution in [2.75, 3.05) is 11.5 Å². The molecule has 0 bridgehead atoms. The van der Waals surface area contributed by atoms with Crippen LogP contribution in [0.1, 0.15) is 29.3 Å². The first-order valence-corrected chi connectivity index (χ1v) is 11.2. The van der Waals surface area contributed by atoms with E-state index >= 15 is 0 Å². The number of carbonyl (C=O) groups excluding carboxylic acids is 3. The summed E-state index contributed by atoms with van der Waals surface area (Å²) in [5, 5.41) is 11.0. The van der Waals surface area contributed by atoms with E-state index in [-0.39, 0.29) is 24.2 Å². The Kier molecular flexibility index (Phi) is 7.05. The molecule has 0 aliphatic carbocycles. The van der Waals surface area contributed by atoms with Crippen molar-refractivity contribution in [2.24, 2.45) is 0 Å². The van der Waals surface area contributed by atoms with Crippen molar-refractivity contribution in [3.63, 3.8) is 0 Å². The molecule has 3 aromatic carbocycles. The fraction of sp³-hybridized carbons (Fsp3) is 0.192. The molecular formula is C26H22FN3O6. The van der Waals surface area contributed by atoms with Gasteiger partial charge in [-0.3, -0.25) is 24.5 Å². The second-order valence-electron chi connectivity index (χ2n) is 8.08. The van der Waals surface area contributed by atoms with E-state index in [4.69, 9.17) is 4.74 Å². The topological polar surface area (TPSA) is 110 Å². The Morgan fingerprint density at radius 3 is 2.28 bits per heavy atom. The number of anilines is 1. The third-order valence-corrected chi connectivity index (χ3v) is 5.76. The number of halogens is 1. The van der Waals surface area contributed by atoms with Gasteiger partial charge in [-0.2, -0.15) is 0 Å². The van der Waals surface area contributed by atoms with Crippen LogP contribution in [-0.4, -0.2) is 40.2 Å². The van der Waals surface area contributed by atoms with Gasteiger partial charge in [0.25, 0.3) is 17.5 Å². The Balaban J connectivity index is 1.65. The largest absolute Gasteiger partial charge is 0.494 e. The number of hydrogen-bond donors (Lipinski definition) is 0. The van der Waals surface area contributed by atoms with E-state index in [1.165, 1.54) is 53.4 Å². The first-order valence-electron chi connectivity index (χ1n) is 11.2. The van der Waals surface area contributed by atoms with Gasteiger partial charge in [0, 0.05) is 24.2 Å². The molecule has 1 atom stereocenters. The zero-order valence-corrected chi connectivity index (χ0v) is 19.3. The monoisotopic (exact) mass is 491 g/mol. The van der Waals surface area contributed by atoms with E-state index in [9.17, 15) is 28.9 Å². The number of hydrogen-bond acceptors (Lipinski definition) is 6. The summed E-state index contributed by atoms with van der Waals surface area (Å²) < 4.78 is 18.8. The maximum Gasteiger partial charge on any atom is 0.269 e. The van der Waals surface area contributed by atoms with E-state index in [1.807, 2.05) is 6.92 Å². The van der Waals surface area contributed by atoms with Gasteiger partial charge in [0.05, 0.1) is 23.6 Å². The van der Waals surface area contributed by atoms with Gasteiger partial charge < -0.3 is 9.64 Å². The molecule has 36 heavy (non-hydrogen) atoms. The highest BCUT2D eigenvalue weighted by Gasteiger charge is 2.44. The number of amides is 3. The Hall–Kier alpha value is -4.60.